The molecule has 20 heavy (non-hydrogen) atoms. The highest BCUT2D eigenvalue weighted by Gasteiger charge is 2.36. The van der Waals surface area contributed by atoms with Crippen LogP contribution in [0.3, 0.4) is 0 Å². The fourth-order valence-electron chi connectivity index (χ4n) is 2.46. The molecule has 0 spiro atoms. The lowest BCUT2D eigenvalue weighted by atomic mass is 9.99. The minimum atomic E-state index is -0.428. The number of hydrogen-bond acceptors (Lipinski definition) is 3. The van der Waals surface area contributed by atoms with E-state index in [1.54, 1.807) is 11.9 Å². The van der Waals surface area contributed by atoms with Gasteiger partial charge in [0.15, 0.2) is 0 Å². The van der Waals surface area contributed by atoms with Gasteiger partial charge in [0.2, 0.25) is 5.91 Å². The summed E-state index contributed by atoms with van der Waals surface area (Å²) in [5, 5.41) is 0. The van der Waals surface area contributed by atoms with E-state index in [-0.39, 0.29) is 11.8 Å². The maximum absolute atomic E-state index is 12.2. The van der Waals surface area contributed by atoms with E-state index in [0.717, 1.165) is 23.9 Å². The standard InChI is InChI=1S/C16H26N2O2/c1-5-10(2)15(17)16(19)18(4)9-12-6-7-14(20-12)13-8-11(13)3/h6-7,10-11,13,15H,5,8-9,17H2,1-4H3/t10-,11?,13?,15-/m0/s1. The largest absolute Gasteiger partial charge is 0.464 e. The van der Waals surface area contributed by atoms with Crippen molar-refractivity contribution in [3.8, 4) is 0 Å². The minimum Gasteiger partial charge on any atom is -0.464 e. The van der Waals surface area contributed by atoms with E-state index in [4.69, 9.17) is 10.2 Å². The van der Waals surface area contributed by atoms with E-state index >= 15 is 0 Å². The Morgan fingerprint density at radius 1 is 1.55 bits per heavy atom. The summed E-state index contributed by atoms with van der Waals surface area (Å²) < 4.78 is 5.83. The first-order valence-electron chi connectivity index (χ1n) is 7.53. The minimum absolute atomic E-state index is 0.0166. The van der Waals surface area contributed by atoms with Gasteiger partial charge in [-0.3, -0.25) is 4.79 Å². The lowest BCUT2D eigenvalue weighted by Gasteiger charge is -2.23. The average molecular weight is 278 g/mol. The van der Waals surface area contributed by atoms with Gasteiger partial charge in [-0.05, 0) is 30.4 Å². The van der Waals surface area contributed by atoms with Crippen molar-refractivity contribution in [2.75, 3.05) is 7.05 Å². The third-order valence-corrected chi connectivity index (χ3v) is 4.47. The number of amides is 1. The first-order valence-corrected chi connectivity index (χ1v) is 7.53. The van der Waals surface area contributed by atoms with Gasteiger partial charge in [0.25, 0.3) is 0 Å². The van der Waals surface area contributed by atoms with E-state index < -0.39 is 6.04 Å². The van der Waals surface area contributed by atoms with E-state index in [1.807, 2.05) is 26.0 Å². The summed E-state index contributed by atoms with van der Waals surface area (Å²) in [4.78, 5) is 13.9. The molecule has 1 aromatic rings. The maximum Gasteiger partial charge on any atom is 0.239 e. The molecule has 2 N–H and O–H groups in total. The van der Waals surface area contributed by atoms with Crippen molar-refractivity contribution in [2.45, 2.75) is 52.1 Å². The van der Waals surface area contributed by atoms with Crippen LogP contribution in [-0.2, 0) is 11.3 Å². The molecule has 1 amide bonds. The predicted octanol–water partition coefficient (Wildman–Crippen LogP) is 2.73. The molecule has 2 rings (SSSR count). The van der Waals surface area contributed by atoms with Crippen LogP contribution in [0.5, 0.6) is 0 Å². The number of nitrogens with zero attached hydrogens (tertiary/aromatic N) is 1. The Balaban J connectivity index is 1.92. The highest BCUT2D eigenvalue weighted by atomic mass is 16.3. The monoisotopic (exact) mass is 278 g/mol. The van der Waals surface area contributed by atoms with E-state index in [1.165, 1.54) is 6.42 Å². The molecule has 0 bridgehead atoms. The van der Waals surface area contributed by atoms with Gasteiger partial charge in [-0.25, -0.2) is 0 Å². The van der Waals surface area contributed by atoms with Crippen LogP contribution in [-0.4, -0.2) is 23.9 Å². The molecule has 1 fully saturated rings. The van der Waals surface area contributed by atoms with Gasteiger partial charge in [-0.1, -0.05) is 27.2 Å². The summed E-state index contributed by atoms with van der Waals surface area (Å²) >= 11 is 0. The Bertz CT molecular complexity index is 469. The van der Waals surface area contributed by atoms with Gasteiger partial charge >= 0.3 is 0 Å². The van der Waals surface area contributed by atoms with Crippen LogP contribution in [0.4, 0.5) is 0 Å². The molecule has 2 unspecified atom stereocenters. The van der Waals surface area contributed by atoms with Gasteiger partial charge in [-0.2, -0.15) is 0 Å². The third kappa shape index (κ3) is 3.23. The number of carbonyl (C=O) groups excluding carboxylic acids is 1. The number of carbonyl (C=O) groups is 1. The van der Waals surface area contributed by atoms with Gasteiger partial charge in [0.05, 0.1) is 12.6 Å². The summed E-state index contributed by atoms with van der Waals surface area (Å²) in [6.45, 7) is 6.78. The smallest absolute Gasteiger partial charge is 0.239 e. The first-order chi connectivity index (χ1) is 9.43. The Morgan fingerprint density at radius 3 is 2.75 bits per heavy atom. The lowest BCUT2D eigenvalue weighted by Crippen LogP contribution is -2.45. The number of likely N-dealkylation sites (N-methyl/N-ethyl adjacent to an activating group) is 1. The second-order valence-corrected chi connectivity index (χ2v) is 6.23. The van der Waals surface area contributed by atoms with Crippen LogP contribution < -0.4 is 5.73 Å². The fraction of sp³-hybridized carbons (Fsp3) is 0.688. The van der Waals surface area contributed by atoms with Crippen LogP contribution in [0.1, 0.15) is 51.1 Å². The average Bonchev–Trinajstić information content (AvgIpc) is 2.99. The van der Waals surface area contributed by atoms with Crippen molar-refractivity contribution in [3.63, 3.8) is 0 Å². The van der Waals surface area contributed by atoms with Crippen molar-refractivity contribution in [2.24, 2.45) is 17.6 Å². The highest BCUT2D eigenvalue weighted by molar-refractivity contribution is 5.81. The van der Waals surface area contributed by atoms with Crippen LogP contribution >= 0.6 is 0 Å². The van der Waals surface area contributed by atoms with E-state index in [2.05, 4.69) is 6.92 Å². The second-order valence-electron chi connectivity index (χ2n) is 6.23. The Morgan fingerprint density at radius 2 is 2.20 bits per heavy atom. The predicted molar refractivity (Wildman–Crippen MR) is 79.1 cm³/mol. The summed E-state index contributed by atoms with van der Waals surface area (Å²) in [7, 11) is 1.78. The molecular formula is C16H26N2O2. The molecule has 0 aromatic carbocycles. The van der Waals surface area contributed by atoms with Crippen LogP contribution in [0.2, 0.25) is 0 Å². The van der Waals surface area contributed by atoms with Crippen molar-refractivity contribution in [1.29, 1.82) is 0 Å². The first kappa shape index (κ1) is 15.1. The molecule has 4 atom stereocenters. The Kier molecular flexibility index (Phi) is 4.53. The quantitative estimate of drug-likeness (QED) is 0.870. The molecule has 0 aliphatic heterocycles. The molecular weight excluding hydrogens is 252 g/mol. The summed E-state index contributed by atoms with van der Waals surface area (Å²) in [6, 6.07) is 3.58. The van der Waals surface area contributed by atoms with Crippen LogP contribution in [0.25, 0.3) is 0 Å². The van der Waals surface area contributed by atoms with E-state index in [0.29, 0.717) is 12.5 Å². The molecule has 112 valence electrons. The fourth-order valence-corrected chi connectivity index (χ4v) is 2.46. The Hall–Kier alpha value is -1.29. The number of rotatable bonds is 6. The lowest BCUT2D eigenvalue weighted by molar-refractivity contribution is -0.133. The molecule has 0 radical (unpaired) electrons. The van der Waals surface area contributed by atoms with Crippen molar-refractivity contribution < 1.29 is 9.21 Å². The molecule has 1 aliphatic carbocycles. The van der Waals surface area contributed by atoms with Gasteiger partial charge < -0.3 is 15.1 Å². The maximum atomic E-state index is 12.2. The topological polar surface area (TPSA) is 59.5 Å². The SMILES string of the molecule is CC[C@H](C)[C@H](N)C(=O)N(C)Cc1ccc(C2CC2C)o1. The highest BCUT2D eigenvalue weighted by Crippen LogP contribution is 2.47. The Labute approximate surface area is 121 Å². The molecule has 0 saturated heterocycles. The molecule has 1 saturated carbocycles. The summed E-state index contributed by atoms with van der Waals surface area (Å²) in [5.41, 5.74) is 5.99. The third-order valence-electron chi connectivity index (χ3n) is 4.47. The van der Waals surface area contributed by atoms with Crippen LogP contribution in [0, 0.1) is 11.8 Å². The van der Waals surface area contributed by atoms with Crippen molar-refractivity contribution >= 4 is 5.91 Å². The molecule has 4 heteroatoms. The number of nitrogens with two attached hydrogens (primary N) is 1. The van der Waals surface area contributed by atoms with Gasteiger partial charge in [-0.15, -0.1) is 0 Å². The molecule has 1 aliphatic rings. The zero-order valence-electron chi connectivity index (χ0n) is 12.9. The van der Waals surface area contributed by atoms with Crippen LogP contribution in [0.15, 0.2) is 16.5 Å². The molecule has 4 nitrogen and oxygen atoms in total. The van der Waals surface area contributed by atoms with Gasteiger partial charge in [0.1, 0.15) is 11.5 Å². The second kappa shape index (κ2) is 6.00. The van der Waals surface area contributed by atoms with Crippen molar-refractivity contribution in [3.05, 3.63) is 23.7 Å². The summed E-state index contributed by atoms with van der Waals surface area (Å²) in [5.74, 6) is 3.38. The molecule has 1 aromatic heterocycles. The normalized spacial score (nSPS) is 24.2. The van der Waals surface area contributed by atoms with Crippen molar-refractivity contribution in [1.82, 2.24) is 4.90 Å². The summed E-state index contributed by atoms with van der Waals surface area (Å²) in [6.07, 6.45) is 2.12. The zero-order chi connectivity index (χ0) is 14.9. The number of furan rings is 1. The molecule has 1 heterocycles. The zero-order valence-corrected chi connectivity index (χ0v) is 12.9. The van der Waals surface area contributed by atoms with E-state index in [9.17, 15) is 4.79 Å². The number of hydrogen-bond donors (Lipinski definition) is 1. The van der Waals surface area contributed by atoms with Gasteiger partial charge in [0, 0.05) is 13.0 Å².